The quantitative estimate of drug-likeness (QED) is 0.113. The standard InChI is InChI=1S/C15H18P2.4C14H16P2.2C13H14P2/c1-10-7-12(3-4-14(10)9-16)13-5-6-15(17)11(2)8-13;1-9-7-11(3-5-13(9)15)12-4-6-14(16)10(2)8-12;1-10-8-13(16)6-7-14(10)12-4-2-11(9-15)3-5-12;1-10-8-13(6-7-14(10)16)12-4-2-11(9-15)3-5-12;1-10-8-12(2-3-13(10)9-15)11-4-6-14(16)7-5-11;1-9-8-11(4-7-13(9)15)10-2-5-12(14)6-3-10;1-9-8-12(15)6-7-13(9)10-2-4-11(14)5-3-10/h3-8H,9,16-17H2,1-2H3;3-8H,15-16H2,1-2H3;3*2-8H,9,15-16H2,1H3;2*2-8H,14-15H2,1H3. The molecule has 14 unspecified atom stereocenters. The minimum Gasteiger partial charge on any atom is -0.133 e. The molecule has 14 aromatic rings. The lowest BCUT2D eigenvalue weighted by molar-refractivity contribution is 1.31. The minimum absolute atomic E-state index is 1.02. The van der Waals surface area contributed by atoms with E-state index in [-0.39, 0.29) is 0 Å². The Balaban J connectivity index is 0.000000163. The van der Waals surface area contributed by atoms with Crippen LogP contribution in [0.5, 0.6) is 0 Å². The molecule has 0 aromatic heterocycles. The van der Waals surface area contributed by atoms with Crippen LogP contribution in [-0.4, -0.2) is 0 Å². The van der Waals surface area contributed by atoms with E-state index in [0.717, 1.165) is 24.6 Å². The lowest BCUT2D eigenvalue weighted by atomic mass is 9.99. The van der Waals surface area contributed by atoms with E-state index < -0.39 is 0 Å². The predicted molar refractivity (Wildman–Crippen MR) is 553 cm³/mol. The second kappa shape index (κ2) is 46.1. The van der Waals surface area contributed by atoms with E-state index in [9.17, 15) is 0 Å². The van der Waals surface area contributed by atoms with Crippen LogP contribution in [0.4, 0.5) is 0 Å². The van der Waals surface area contributed by atoms with Crippen LogP contribution in [0.25, 0.3) is 77.9 Å². The SMILES string of the molecule is Cc1cc(-c2ccc(CP)c(C)c2)ccc1P.Cc1cc(-c2ccc(CP)cc2)ccc1P.Cc1cc(-c2ccc(P)c(C)c2)ccc1P.Cc1cc(-c2ccc(P)cc2)ccc1CP.Cc1cc(-c2ccc(P)cc2)ccc1P.Cc1cc(P)ccc1-c1ccc(CP)cc1.Cc1cc(P)ccc1-c1ccc(P)cc1. The Hall–Kier alpha value is -4.90. The first-order valence-corrected chi connectivity index (χ1v) is 46.0. The molecular formula is C97H110P14. The molecule has 14 heteroatoms. The number of rotatable bonds is 11. The molecule has 0 aliphatic carbocycles. The highest BCUT2D eigenvalue weighted by atomic mass is 31.0. The summed E-state index contributed by atoms with van der Waals surface area (Å²) in [5.74, 6) is 0. The second-order valence-corrected chi connectivity index (χ2v) is 35.9. The summed E-state index contributed by atoms with van der Waals surface area (Å²) in [6, 6.07) is 102. The number of hydrogen-bond donors (Lipinski definition) is 0. The number of benzene rings is 14. The Labute approximate surface area is 699 Å². The van der Waals surface area contributed by atoms with Crippen molar-refractivity contribution in [2.75, 3.05) is 0 Å². The van der Waals surface area contributed by atoms with E-state index in [1.807, 2.05) is 0 Å². The van der Waals surface area contributed by atoms with E-state index in [1.54, 1.807) is 0 Å². The van der Waals surface area contributed by atoms with E-state index >= 15 is 0 Å². The first-order valence-electron chi connectivity index (χ1n) is 36.9. The van der Waals surface area contributed by atoms with Gasteiger partial charge in [0, 0.05) is 0 Å². The summed E-state index contributed by atoms with van der Waals surface area (Å²) in [6.45, 7) is 19.4. The highest BCUT2D eigenvalue weighted by molar-refractivity contribution is 7.29. The van der Waals surface area contributed by atoms with Gasteiger partial charge in [0.1, 0.15) is 0 Å². The molecule has 0 aliphatic rings. The Morgan fingerprint density at radius 3 is 0.586 bits per heavy atom. The number of aryl methyl sites for hydroxylation is 9. The molecule has 111 heavy (non-hydrogen) atoms. The molecule has 568 valence electrons. The van der Waals surface area contributed by atoms with Crippen molar-refractivity contribution in [1.82, 2.24) is 0 Å². The zero-order valence-electron chi connectivity index (χ0n) is 65.5. The molecule has 0 spiro atoms. The van der Waals surface area contributed by atoms with Crippen LogP contribution in [0.2, 0.25) is 0 Å². The monoisotopic (exact) mass is 1710 g/mol. The van der Waals surface area contributed by atoms with Gasteiger partial charge < -0.3 is 0 Å². The molecule has 0 bridgehead atoms. The summed E-state index contributed by atoms with van der Waals surface area (Å²) in [6.07, 6.45) is 4.08. The molecule has 0 N–H and O–H groups in total. The first-order chi connectivity index (χ1) is 53.1. The molecule has 0 amide bonds. The number of hydrogen-bond acceptors (Lipinski definition) is 0. The average molecular weight is 1710 g/mol. The highest BCUT2D eigenvalue weighted by Gasteiger charge is 2.09. The summed E-state index contributed by atoms with van der Waals surface area (Å²) in [4.78, 5) is 0. The smallest absolute Gasteiger partial charge is 0.0126 e. The molecule has 14 aromatic carbocycles. The van der Waals surface area contributed by atoms with Crippen LogP contribution in [0.1, 0.15) is 72.3 Å². The molecular weight excluding hydrogens is 1600 g/mol. The fourth-order valence-corrected chi connectivity index (χ4v) is 15.8. The van der Waals surface area contributed by atoms with Crippen molar-refractivity contribution in [3.8, 4) is 77.9 Å². The van der Waals surface area contributed by atoms with Gasteiger partial charge in [0.2, 0.25) is 0 Å². The third-order valence-corrected chi connectivity index (χ3v) is 26.3. The maximum atomic E-state index is 2.78. The van der Waals surface area contributed by atoms with Gasteiger partial charge in [0.05, 0.1) is 0 Å². The normalized spacial score (nSPS) is 10.4. The third kappa shape index (κ3) is 28.5. The van der Waals surface area contributed by atoms with Crippen LogP contribution in [0, 0.1) is 62.3 Å². The van der Waals surface area contributed by atoms with Crippen molar-refractivity contribution in [1.29, 1.82) is 0 Å². The topological polar surface area (TPSA) is 0 Å². The molecule has 0 radical (unpaired) electrons. The fourth-order valence-electron chi connectivity index (χ4n) is 12.2. The summed E-state index contributed by atoms with van der Waals surface area (Å²) in [5, 5.41) is 12.5. The van der Waals surface area contributed by atoms with E-state index in [2.05, 4.69) is 477 Å². The first kappa shape index (κ1) is 91.6. The van der Waals surface area contributed by atoms with Gasteiger partial charge in [-0.3, -0.25) is 0 Å². The summed E-state index contributed by atoms with van der Waals surface area (Å²) in [5.41, 5.74) is 35.6. The fraction of sp³-hybridized carbons (Fsp3) is 0.134. The van der Waals surface area contributed by atoms with Crippen LogP contribution < -0.4 is 53.0 Å². The maximum Gasteiger partial charge on any atom is -0.0126 e. The largest absolute Gasteiger partial charge is 0.133 e. The van der Waals surface area contributed by atoms with Gasteiger partial charge in [0.15, 0.2) is 0 Å². The predicted octanol–water partition coefficient (Wildman–Crippen LogP) is 22.8. The third-order valence-electron chi connectivity index (χ3n) is 19.4. The van der Waals surface area contributed by atoms with E-state index in [1.165, 1.54) is 203 Å². The van der Waals surface area contributed by atoms with Crippen molar-refractivity contribution in [3.63, 3.8) is 0 Å². The Morgan fingerprint density at radius 2 is 0.360 bits per heavy atom. The van der Waals surface area contributed by atoms with Crippen LogP contribution in [0.3, 0.4) is 0 Å². The second-order valence-electron chi connectivity index (χ2n) is 27.9. The lowest BCUT2D eigenvalue weighted by Gasteiger charge is -2.09. The minimum atomic E-state index is 1.02. The van der Waals surface area contributed by atoms with Gasteiger partial charge in [0.25, 0.3) is 0 Å². The van der Waals surface area contributed by atoms with Crippen LogP contribution in [-0.2, 0) is 24.6 Å². The van der Waals surface area contributed by atoms with Crippen molar-refractivity contribution in [2.24, 2.45) is 0 Å². The molecule has 0 saturated carbocycles. The summed E-state index contributed by atoms with van der Waals surface area (Å²) < 4.78 is 0. The van der Waals surface area contributed by atoms with E-state index in [0.29, 0.717) is 0 Å². The van der Waals surface area contributed by atoms with Crippen molar-refractivity contribution < 1.29 is 0 Å². The van der Waals surface area contributed by atoms with Gasteiger partial charge in [-0.15, -0.1) is 129 Å². The van der Waals surface area contributed by atoms with Crippen LogP contribution in [0.15, 0.2) is 285 Å². The van der Waals surface area contributed by atoms with Crippen LogP contribution >= 0.6 is 129 Å². The highest BCUT2D eigenvalue weighted by Crippen LogP contribution is 2.30. The van der Waals surface area contributed by atoms with Gasteiger partial charge in [-0.1, -0.05) is 285 Å². The van der Waals surface area contributed by atoms with Crippen molar-refractivity contribution in [3.05, 3.63) is 357 Å². The van der Waals surface area contributed by atoms with Gasteiger partial charge in [-0.25, -0.2) is 0 Å². The Bertz CT molecular complexity index is 5310. The zero-order chi connectivity index (χ0) is 80.4. The summed E-state index contributed by atoms with van der Waals surface area (Å²) >= 11 is 0. The summed E-state index contributed by atoms with van der Waals surface area (Å²) in [7, 11) is 38.4. The van der Waals surface area contributed by atoms with Crippen molar-refractivity contribution >= 4 is 182 Å². The molecule has 0 nitrogen and oxygen atoms in total. The van der Waals surface area contributed by atoms with Gasteiger partial charge in [-0.2, -0.15) is 0 Å². The molecule has 0 aliphatic heterocycles. The average Bonchev–Trinajstić information content (AvgIpc) is 0.865. The van der Waals surface area contributed by atoms with Gasteiger partial charge >= 0.3 is 0 Å². The van der Waals surface area contributed by atoms with Crippen molar-refractivity contribution in [2.45, 2.75) is 87.0 Å². The molecule has 0 saturated heterocycles. The molecule has 0 heterocycles. The Morgan fingerprint density at radius 1 is 0.162 bits per heavy atom. The maximum absolute atomic E-state index is 2.78. The van der Waals surface area contributed by atoms with Gasteiger partial charge in [-0.05, 0) is 290 Å². The Kier molecular flexibility index (Phi) is 38.1. The molecule has 14 atom stereocenters. The molecule has 14 rings (SSSR count). The lowest BCUT2D eigenvalue weighted by Crippen LogP contribution is -1.98. The zero-order valence-corrected chi connectivity index (χ0v) is 81.7. The molecule has 0 fully saturated rings. The van der Waals surface area contributed by atoms with E-state index in [4.69, 9.17) is 0 Å².